The van der Waals surface area contributed by atoms with Gasteiger partial charge in [-0.3, -0.25) is 0 Å². The van der Waals surface area contributed by atoms with E-state index in [2.05, 4.69) is 25.4 Å². The minimum atomic E-state index is -0.360. The van der Waals surface area contributed by atoms with Crippen LogP contribution in [0, 0.1) is 6.92 Å². The van der Waals surface area contributed by atoms with E-state index in [1.54, 1.807) is 12.4 Å². The van der Waals surface area contributed by atoms with Crippen LogP contribution < -0.4 is 5.32 Å². The lowest BCUT2D eigenvalue weighted by Crippen LogP contribution is -2.15. The van der Waals surface area contributed by atoms with E-state index in [-0.39, 0.29) is 12.1 Å². The maximum absolute atomic E-state index is 9.44. The molecule has 3 rings (SSSR count). The van der Waals surface area contributed by atoms with Gasteiger partial charge in [0.15, 0.2) is 0 Å². The molecule has 2 aromatic rings. The second kappa shape index (κ2) is 4.43. The normalized spacial score (nSPS) is 23.4. The van der Waals surface area contributed by atoms with E-state index in [1.165, 1.54) is 0 Å². The van der Waals surface area contributed by atoms with E-state index in [4.69, 9.17) is 4.52 Å². The molecule has 0 bridgehead atoms. The Morgan fingerprint density at radius 2 is 2.11 bits per heavy atom. The number of aryl methyl sites for hydroxylation is 1. The van der Waals surface area contributed by atoms with Crippen LogP contribution in [0.15, 0.2) is 16.9 Å². The molecule has 2 atom stereocenters. The monoisotopic (exact) mass is 247 g/mol. The molecule has 0 spiro atoms. The number of β-amino-alcohol motifs (C(OH)–C–C–N with tert-alkyl or cyclic N) is 1. The highest BCUT2D eigenvalue weighted by atomic mass is 16.5. The Morgan fingerprint density at radius 3 is 2.78 bits per heavy atom. The third-order valence-corrected chi connectivity index (χ3v) is 2.83. The fraction of sp³-hybridized carbons (Fsp3) is 0.455. The summed E-state index contributed by atoms with van der Waals surface area (Å²) in [5.74, 6) is 1.27. The number of aliphatic hydroxyl groups is 1. The van der Waals surface area contributed by atoms with Gasteiger partial charge in [0.25, 0.3) is 0 Å². The van der Waals surface area contributed by atoms with Crippen LogP contribution in [0.25, 0.3) is 11.6 Å². The van der Waals surface area contributed by atoms with E-state index in [9.17, 15) is 5.11 Å². The molecule has 2 N–H and O–H groups in total. The van der Waals surface area contributed by atoms with Crippen LogP contribution >= 0.6 is 0 Å². The molecule has 0 amide bonds. The molecule has 7 nitrogen and oxygen atoms in total. The van der Waals surface area contributed by atoms with Gasteiger partial charge in [-0.05, 0) is 18.9 Å². The summed E-state index contributed by atoms with van der Waals surface area (Å²) in [5, 5.41) is 16.4. The molecule has 0 radical (unpaired) electrons. The minimum Gasteiger partial charge on any atom is -0.392 e. The Morgan fingerprint density at radius 1 is 1.33 bits per heavy atom. The van der Waals surface area contributed by atoms with Gasteiger partial charge >= 0.3 is 0 Å². The Labute approximate surface area is 103 Å². The van der Waals surface area contributed by atoms with Crippen LogP contribution in [-0.2, 0) is 0 Å². The maximum Gasteiger partial charge on any atom is 0.244 e. The van der Waals surface area contributed by atoms with Crippen molar-refractivity contribution in [2.45, 2.75) is 25.5 Å². The summed E-state index contributed by atoms with van der Waals surface area (Å²) in [6.07, 6.45) is 3.63. The Balaban J connectivity index is 1.83. The molecule has 1 fully saturated rings. The standard InChI is InChI=1S/C11H13N5O2/c1-6-3-13-9(14-4-6)10-15-11(18-16-10)8-2-7(17)5-12-8/h3-4,7-8,12,17H,2,5H2,1H3/t7-,8-/m0/s1. The maximum atomic E-state index is 9.44. The predicted octanol–water partition coefficient (Wildman–Crippen LogP) is 0.230. The Bertz CT molecular complexity index is 539. The van der Waals surface area contributed by atoms with E-state index >= 15 is 0 Å². The summed E-state index contributed by atoms with van der Waals surface area (Å²) in [6.45, 7) is 2.46. The van der Waals surface area contributed by atoms with E-state index < -0.39 is 0 Å². The van der Waals surface area contributed by atoms with Crippen LogP contribution in [0.1, 0.15) is 23.9 Å². The molecule has 1 saturated heterocycles. The molecule has 0 aromatic carbocycles. The van der Waals surface area contributed by atoms with Gasteiger partial charge in [-0.1, -0.05) is 5.16 Å². The zero-order chi connectivity index (χ0) is 12.5. The van der Waals surface area contributed by atoms with Crippen LogP contribution in [0.2, 0.25) is 0 Å². The number of aliphatic hydroxyl groups excluding tert-OH is 1. The van der Waals surface area contributed by atoms with Gasteiger partial charge in [0.2, 0.25) is 17.5 Å². The molecule has 18 heavy (non-hydrogen) atoms. The number of hydrogen-bond acceptors (Lipinski definition) is 7. The fourth-order valence-corrected chi connectivity index (χ4v) is 1.88. The number of nitrogens with one attached hydrogen (secondary N) is 1. The summed E-state index contributed by atoms with van der Waals surface area (Å²) in [6, 6.07) is -0.0910. The zero-order valence-electron chi connectivity index (χ0n) is 9.87. The van der Waals surface area contributed by atoms with Crippen LogP contribution in [0.5, 0.6) is 0 Å². The lowest BCUT2D eigenvalue weighted by atomic mass is 10.2. The molecular formula is C11H13N5O2. The van der Waals surface area contributed by atoms with Crippen molar-refractivity contribution in [3.05, 3.63) is 23.8 Å². The van der Waals surface area contributed by atoms with Crippen LogP contribution in [0.3, 0.4) is 0 Å². The number of hydrogen-bond donors (Lipinski definition) is 2. The first-order valence-corrected chi connectivity index (χ1v) is 5.76. The van der Waals surface area contributed by atoms with Gasteiger partial charge in [0.05, 0.1) is 12.1 Å². The SMILES string of the molecule is Cc1cnc(-c2noc([C@@H]3C[C@H](O)CN3)n2)nc1. The van der Waals surface area contributed by atoms with Crippen molar-refractivity contribution in [3.63, 3.8) is 0 Å². The molecule has 94 valence electrons. The highest BCUT2D eigenvalue weighted by Gasteiger charge is 2.28. The topological polar surface area (TPSA) is 97.0 Å². The summed E-state index contributed by atoms with van der Waals surface area (Å²) in [4.78, 5) is 12.5. The lowest BCUT2D eigenvalue weighted by molar-refractivity contribution is 0.191. The predicted molar refractivity (Wildman–Crippen MR) is 61.4 cm³/mol. The molecule has 1 aliphatic heterocycles. The van der Waals surface area contributed by atoms with Gasteiger partial charge in [0, 0.05) is 18.9 Å². The fourth-order valence-electron chi connectivity index (χ4n) is 1.88. The van der Waals surface area contributed by atoms with Crippen molar-refractivity contribution in [2.24, 2.45) is 0 Å². The first-order chi connectivity index (χ1) is 8.72. The third kappa shape index (κ3) is 2.09. The largest absolute Gasteiger partial charge is 0.392 e. The summed E-state index contributed by atoms with van der Waals surface area (Å²) in [5.41, 5.74) is 0.975. The number of rotatable bonds is 2. The van der Waals surface area contributed by atoms with Crippen molar-refractivity contribution in [1.29, 1.82) is 0 Å². The van der Waals surface area contributed by atoms with Gasteiger partial charge in [0.1, 0.15) is 0 Å². The van der Waals surface area contributed by atoms with Crippen molar-refractivity contribution in [1.82, 2.24) is 25.4 Å². The minimum absolute atomic E-state index is 0.0910. The van der Waals surface area contributed by atoms with E-state index in [1.807, 2.05) is 6.92 Å². The second-order valence-corrected chi connectivity index (χ2v) is 4.39. The highest BCUT2D eigenvalue weighted by Crippen LogP contribution is 2.23. The molecule has 7 heteroatoms. The molecule has 1 aliphatic rings. The molecule has 2 aromatic heterocycles. The Hall–Kier alpha value is -1.86. The van der Waals surface area contributed by atoms with Gasteiger partial charge < -0.3 is 14.9 Å². The molecule has 0 aliphatic carbocycles. The quantitative estimate of drug-likeness (QED) is 0.784. The van der Waals surface area contributed by atoms with Gasteiger partial charge in [-0.2, -0.15) is 4.98 Å². The zero-order valence-corrected chi connectivity index (χ0v) is 9.87. The molecule has 3 heterocycles. The number of aromatic nitrogens is 4. The van der Waals surface area contributed by atoms with Crippen molar-refractivity contribution in [2.75, 3.05) is 6.54 Å². The average molecular weight is 247 g/mol. The third-order valence-electron chi connectivity index (χ3n) is 2.83. The van der Waals surface area contributed by atoms with Gasteiger partial charge in [-0.25, -0.2) is 9.97 Å². The van der Waals surface area contributed by atoms with Crippen molar-refractivity contribution < 1.29 is 9.63 Å². The average Bonchev–Trinajstić information content (AvgIpc) is 2.98. The summed E-state index contributed by atoms with van der Waals surface area (Å²) >= 11 is 0. The van der Waals surface area contributed by atoms with E-state index in [0.29, 0.717) is 30.5 Å². The highest BCUT2D eigenvalue weighted by molar-refractivity contribution is 5.41. The molecule has 0 unspecified atom stereocenters. The molecule has 0 saturated carbocycles. The number of nitrogens with zero attached hydrogens (tertiary/aromatic N) is 4. The van der Waals surface area contributed by atoms with Crippen molar-refractivity contribution in [3.8, 4) is 11.6 Å². The molecular weight excluding hydrogens is 234 g/mol. The Kier molecular flexibility index (Phi) is 2.77. The van der Waals surface area contributed by atoms with Crippen LogP contribution in [-0.4, -0.2) is 37.9 Å². The van der Waals surface area contributed by atoms with Gasteiger partial charge in [-0.15, -0.1) is 0 Å². The van der Waals surface area contributed by atoms with E-state index in [0.717, 1.165) is 5.56 Å². The van der Waals surface area contributed by atoms with Crippen molar-refractivity contribution >= 4 is 0 Å². The second-order valence-electron chi connectivity index (χ2n) is 4.39. The first kappa shape index (κ1) is 11.2. The summed E-state index contributed by atoms with van der Waals surface area (Å²) < 4.78 is 5.17. The smallest absolute Gasteiger partial charge is 0.244 e. The first-order valence-electron chi connectivity index (χ1n) is 5.76. The van der Waals surface area contributed by atoms with Crippen LogP contribution in [0.4, 0.5) is 0 Å². The summed E-state index contributed by atoms with van der Waals surface area (Å²) in [7, 11) is 0. The lowest BCUT2D eigenvalue weighted by Gasteiger charge is -2.01.